The van der Waals surface area contributed by atoms with Crippen molar-refractivity contribution in [2.24, 2.45) is 0 Å². The van der Waals surface area contributed by atoms with E-state index in [1.165, 1.54) is 12.1 Å². The highest BCUT2D eigenvalue weighted by Gasteiger charge is 2.21. The van der Waals surface area contributed by atoms with Crippen molar-refractivity contribution >= 4 is 39.3 Å². The number of hydrogen-bond donors (Lipinski definition) is 2. The third kappa shape index (κ3) is 3.43. The zero-order valence-electron chi connectivity index (χ0n) is 9.00. The molecule has 1 amide bonds. The van der Waals surface area contributed by atoms with Gasteiger partial charge in [-0.05, 0) is 34.1 Å². The number of anilines is 1. The van der Waals surface area contributed by atoms with Crippen LogP contribution < -0.4 is 10.6 Å². The van der Waals surface area contributed by atoms with Gasteiger partial charge in [-0.1, -0.05) is 0 Å². The Hall–Kier alpha value is -0.590. The molecule has 2 rings (SSSR count). The molecule has 1 aromatic carbocycles. The molecule has 1 aliphatic heterocycles. The third-order valence-electron chi connectivity index (χ3n) is 2.43. The second-order valence-corrected chi connectivity index (χ2v) is 5.70. The summed E-state index contributed by atoms with van der Waals surface area (Å²) in [5.41, 5.74) is 0.591. The second-order valence-electron chi connectivity index (χ2n) is 3.70. The van der Waals surface area contributed by atoms with Crippen LogP contribution in [-0.4, -0.2) is 30.0 Å². The molecule has 1 aromatic rings. The van der Waals surface area contributed by atoms with Crippen molar-refractivity contribution in [3.63, 3.8) is 0 Å². The highest BCUT2D eigenvalue weighted by Crippen LogP contribution is 2.23. The van der Waals surface area contributed by atoms with E-state index in [4.69, 9.17) is 0 Å². The Morgan fingerprint density at radius 1 is 1.59 bits per heavy atom. The Bertz CT molecular complexity index is 424. The van der Waals surface area contributed by atoms with E-state index in [0.717, 1.165) is 18.1 Å². The molecular formula is C11H12BrFN2OS. The van der Waals surface area contributed by atoms with E-state index in [1.807, 2.05) is 0 Å². The number of thioether (sulfide) groups is 1. The Labute approximate surface area is 112 Å². The topological polar surface area (TPSA) is 41.1 Å². The third-order valence-corrected chi connectivity index (χ3v) is 4.15. The minimum absolute atomic E-state index is 0.0792. The molecule has 2 N–H and O–H groups in total. The van der Waals surface area contributed by atoms with Gasteiger partial charge in [-0.3, -0.25) is 4.79 Å². The standard InChI is InChI=1S/C11H12BrFN2OS/c12-8-5-7(13)1-2-9(8)15-11(16)10-6-17-4-3-14-10/h1-2,5,10,14H,3-4,6H2,(H,15,16). The van der Waals surface area contributed by atoms with Crippen LogP contribution in [0.5, 0.6) is 0 Å². The number of nitrogens with one attached hydrogen (secondary N) is 2. The number of carbonyl (C=O) groups is 1. The SMILES string of the molecule is O=C(Nc1ccc(F)cc1Br)C1CSCCN1. The van der Waals surface area contributed by atoms with Gasteiger partial charge in [0.1, 0.15) is 5.82 Å². The lowest BCUT2D eigenvalue weighted by Crippen LogP contribution is -2.46. The normalized spacial score (nSPS) is 20.0. The van der Waals surface area contributed by atoms with Crippen LogP contribution in [0, 0.1) is 5.82 Å². The van der Waals surface area contributed by atoms with Crippen LogP contribution in [0.1, 0.15) is 0 Å². The summed E-state index contributed by atoms with van der Waals surface area (Å²) < 4.78 is 13.4. The second kappa shape index (κ2) is 5.84. The number of carbonyl (C=O) groups excluding carboxylic acids is 1. The molecule has 1 atom stereocenters. The zero-order chi connectivity index (χ0) is 12.3. The first-order valence-corrected chi connectivity index (χ1v) is 7.18. The van der Waals surface area contributed by atoms with Gasteiger partial charge in [0.2, 0.25) is 5.91 Å². The predicted molar refractivity (Wildman–Crippen MR) is 71.8 cm³/mol. The molecule has 92 valence electrons. The molecule has 1 fully saturated rings. The Morgan fingerprint density at radius 3 is 3.06 bits per heavy atom. The van der Waals surface area contributed by atoms with Gasteiger partial charge in [0.25, 0.3) is 0 Å². The minimum Gasteiger partial charge on any atom is -0.324 e. The van der Waals surface area contributed by atoms with Crippen LogP contribution in [0.25, 0.3) is 0 Å². The Kier molecular flexibility index (Phi) is 4.42. The van der Waals surface area contributed by atoms with E-state index < -0.39 is 0 Å². The van der Waals surface area contributed by atoms with Crippen LogP contribution >= 0.6 is 27.7 Å². The average Bonchev–Trinajstić information content (AvgIpc) is 2.34. The van der Waals surface area contributed by atoms with E-state index in [1.54, 1.807) is 17.8 Å². The smallest absolute Gasteiger partial charge is 0.242 e. The highest BCUT2D eigenvalue weighted by molar-refractivity contribution is 9.10. The van der Waals surface area contributed by atoms with Gasteiger partial charge in [-0.15, -0.1) is 0 Å². The maximum absolute atomic E-state index is 12.9. The van der Waals surface area contributed by atoms with Crippen LogP contribution in [0.4, 0.5) is 10.1 Å². The summed E-state index contributed by atoms with van der Waals surface area (Å²) in [6.07, 6.45) is 0. The van der Waals surface area contributed by atoms with Crippen molar-refractivity contribution in [1.29, 1.82) is 0 Å². The first-order valence-electron chi connectivity index (χ1n) is 5.24. The van der Waals surface area contributed by atoms with E-state index >= 15 is 0 Å². The predicted octanol–water partition coefficient (Wildman–Crippen LogP) is 2.23. The van der Waals surface area contributed by atoms with Gasteiger partial charge in [-0.25, -0.2) is 4.39 Å². The number of amides is 1. The molecule has 17 heavy (non-hydrogen) atoms. The van der Waals surface area contributed by atoms with Crippen molar-refractivity contribution in [2.75, 3.05) is 23.4 Å². The van der Waals surface area contributed by atoms with Gasteiger partial charge >= 0.3 is 0 Å². The number of halogens is 2. The van der Waals surface area contributed by atoms with E-state index in [9.17, 15) is 9.18 Å². The molecule has 0 saturated carbocycles. The monoisotopic (exact) mass is 318 g/mol. The maximum atomic E-state index is 12.9. The van der Waals surface area contributed by atoms with Crippen LogP contribution in [0.2, 0.25) is 0 Å². The summed E-state index contributed by atoms with van der Waals surface area (Å²) in [7, 11) is 0. The fraction of sp³-hybridized carbons (Fsp3) is 0.364. The van der Waals surface area contributed by atoms with E-state index in [-0.39, 0.29) is 17.8 Å². The quantitative estimate of drug-likeness (QED) is 0.878. The first kappa shape index (κ1) is 12.9. The number of rotatable bonds is 2. The summed E-state index contributed by atoms with van der Waals surface area (Å²) in [6.45, 7) is 0.841. The van der Waals surface area contributed by atoms with E-state index in [0.29, 0.717) is 10.2 Å². The first-order chi connectivity index (χ1) is 8.16. The van der Waals surface area contributed by atoms with Crippen LogP contribution in [0.3, 0.4) is 0 Å². The fourth-order valence-corrected chi connectivity index (χ4v) is 2.93. The number of benzene rings is 1. The van der Waals surface area contributed by atoms with Crippen molar-refractivity contribution in [2.45, 2.75) is 6.04 Å². The van der Waals surface area contributed by atoms with Crippen molar-refractivity contribution in [3.05, 3.63) is 28.5 Å². The fourth-order valence-electron chi connectivity index (χ4n) is 1.54. The molecule has 1 saturated heterocycles. The summed E-state index contributed by atoms with van der Waals surface area (Å²) in [5, 5.41) is 5.93. The van der Waals surface area contributed by atoms with Crippen LogP contribution in [0.15, 0.2) is 22.7 Å². The molecule has 1 heterocycles. The van der Waals surface area contributed by atoms with Crippen molar-refractivity contribution < 1.29 is 9.18 Å². The molecule has 0 aliphatic carbocycles. The highest BCUT2D eigenvalue weighted by atomic mass is 79.9. The number of hydrogen-bond acceptors (Lipinski definition) is 3. The lowest BCUT2D eigenvalue weighted by molar-refractivity contribution is -0.117. The molecule has 0 aromatic heterocycles. The lowest BCUT2D eigenvalue weighted by atomic mass is 10.2. The molecule has 1 aliphatic rings. The van der Waals surface area contributed by atoms with Crippen LogP contribution in [-0.2, 0) is 4.79 Å². The molecule has 0 radical (unpaired) electrons. The largest absolute Gasteiger partial charge is 0.324 e. The van der Waals surface area contributed by atoms with Gasteiger partial charge in [0.05, 0.1) is 11.7 Å². The molecular weight excluding hydrogens is 307 g/mol. The minimum atomic E-state index is -0.332. The Morgan fingerprint density at radius 2 is 2.41 bits per heavy atom. The molecule has 0 spiro atoms. The van der Waals surface area contributed by atoms with Crippen molar-refractivity contribution in [3.8, 4) is 0 Å². The van der Waals surface area contributed by atoms with E-state index in [2.05, 4.69) is 26.6 Å². The lowest BCUT2D eigenvalue weighted by Gasteiger charge is -2.22. The summed E-state index contributed by atoms with van der Waals surface area (Å²) in [5.74, 6) is 1.39. The van der Waals surface area contributed by atoms with Crippen molar-refractivity contribution in [1.82, 2.24) is 5.32 Å². The van der Waals surface area contributed by atoms with Gasteiger partial charge < -0.3 is 10.6 Å². The van der Waals surface area contributed by atoms with Gasteiger partial charge in [0, 0.05) is 22.5 Å². The summed E-state index contributed by atoms with van der Waals surface area (Å²) in [4.78, 5) is 11.9. The van der Waals surface area contributed by atoms with Gasteiger partial charge in [0.15, 0.2) is 0 Å². The maximum Gasteiger partial charge on any atom is 0.242 e. The molecule has 3 nitrogen and oxygen atoms in total. The molecule has 1 unspecified atom stereocenters. The van der Waals surface area contributed by atoms with Gasteiger partial charge in [-0.2, -0.15) is 11.8 Å². The summed E-state index contributed by atoms with van der Waals surface area (Å²) >= 11 is 4.97. The zero-order valence-corrected chi connectivity index (χ0v) is 11.4. The average molecular weight is 319 g/mol. The summed E-state index contributed by atoms with van der Waals surface area (Å²) in [6, 6.07) is 4.03. The molecule has 0 bridgehead atoms. The molecule has 6 heteroatoms. The Balaban J connectivity index is 2.02.